The minimum atomic E-state index is 0.626. The Kier molecular flexibility index (Phi) is 4.73. The first-order chi connectivity index (χ1) is 6.79. The molecule has 0 saturated carbocycles. The van der Waals surface area contributed by atoms with Crippen LogP contribution in [0.15, 0.2) is 11.4 Å². The van der Waals surface area contributed by atoms with Gasteiger partial charge in [-0.15, -0.1) is 11.8 Å². The number of anilines is 1. The molecule has 0 spiro atoms. The summed E-state index contributed by atoms with van der Waals surface area (Å²) in [4.78, 5) is 8.25. The van der Waals surface area contributed by atoms with E-state index in [0.29, 0.717) is 5.82 Å². The van der Waals surface area contributed by atoms with Crippen molar-refractivity contribution < 1.29 is 0 Å². The van der Waals surface area contributed by atoms with Crippen LogP contribution in [0.25, 0.3) is 0 Å². The van der Waals surface area contributed by atoms with Crippen molar-refractivity contribution in [3.8, 4) is 0 Å². The number of nitrogen functional groups attached to an aromatic ring is 1. The molecule has 0 aliphatic carbocycles. The van der Waals surface area contributed by atoms with Gasteiger partial charge in [-0.1, -0.05) is 20.3 Å². The first kappa shape index (κ1) is 11.3. The Morgan fingerprint density at radius 1 is 1.36 bits per heavy atom. The number of nitrogens with two attached hydrogens (primary N) is 1. The fraction of sp³-hybridized carbons (Fsp3) is 0.600. The van der Waals surface area contributed by atoms with Gasteiger partial charge in [0.25, 0.3) is 0 Å². The summed E-state index contributed by atoms with van der Waals surface area (Å²) in [7, 11) is 0. The van der Waals surface area contributed by atoms with Gasteiger partial charge in [-0.25, -0.2) is 9.97 Å². The molecule has 1 aromatic heterocycles. The zero-order valence-corrected chi connectivity index (χ0v) is 9.60. The van der Waals surface area contributed by atoms with Crippen molar-refractivity contribution in [2.24, 2.45) is 0 Å². The van der Waals surface area contributed by atoms with Crippen molar-refractivity contribution in [2.45, 2.75) is 38.1 Å². The first-order valence-corrected chi connectivity index (χ1v) is 6.00. The van der Waals surface area contributed by atoms with Gasteiger partial charge in [0.15, 0.2) is 0 Å². The van der Waals surface area contributed by atoms with E-state index < -0.39 is 0 Å². The maximum atomic E-state index is 5.77. The summed E-state index contributed by atoms with van der Waals surface area (Å²) in [5, 5.41) is 1.05. The standard InChI is InChI=1S/C10H17N3S/c1-3-5-6-14-10-8(4-2)9(11)12-7-13-10/h7H,3-6H2,1-2H3,(H2,11,12,13). The Bertz CT molecular complexity index is 289. The highest BCUT2D eigenvalue weighted by molar-refractivity contribution is 7.99. The van der Waals surface area contributed by atoms with Crippen LogP contribution in [-0.4, -0.2) is 15.7 Å². The second-order valence-electron chi connectivity index (χ2n) is 3.10. The average Bonchev–Trinajstić information content (AvgIpc) is 2.18. The number of aromatic nitrogens is 2. The summed E-state index contributed by atoms with van der Waals surface area (Å²) in [6.07, 6.45) is 4.89. The molecule has 0 bridgehead atoms. The van der Waals surface area contributed by atoms with Crippen molar-refractivity contribution >= 4 is 17.6 Å². The molecule has 0 saturated heterocycles. The van der Waals surface area contributed by atoms with Crippen molar-refractivity contribution in [3.05, 3.63) is 11.9 Å². The van der Waals surface area contributed by atoms with Crippen molar-refractivity contribution in [1.82, 2.24) is 9.97 Å². The highest BCUT2D eigenvalue weighted by atomic mass is 32.2. The van der Waals surface area contributed by atoms with Gasteiger partial charge in [0.1, 0.15) is 17.2 Å². The molecule has 1 rings (SSSR count). The Labute approximate surface area is 89.5 Å². The number of unbranched alkanes of at least 4 members (excludes halogenated alkanes) is 1. The van der Waals surface area contributed by atoms with Gasteiger partial charge in [-0.05, 0) is 18.6 Å². The normalized spacial score (nSPS) is 10.4. The molecule has 0 radical (unpaired) electrons. The number of nitrogens with zero attached hydrogens (tertiary/aromatic N) is 2. The largest absolute Gasteiger partial charge is 0.383 e. The van der Waals surface area contributed by atoms with E-state index >= 15 is 0 Å². The number of thioether (sulfide) groups is 1. The maximum Gasteiger partial charge on any atom is 0.131 e. The molecule has 0 fully saturated rings. The Balaban J connectivity index is 2.70. The van der Waals surface area contributed by atoms with Crippen molar-refractivity contribution in [1.29, 1.82) is 0 Å². The lowest BCUT2D eigenvalue weighted by Gasteiger charge is -2.07. The molecule has 0 unspecified atom stereocenters. The minimum Gasteiger partial charge on any atom is -0.383 e. The van der Waals surface area contributed by atoms with Crippen LogP contribution < -0.4 is 5.73 Å². The van der Waals surface area contributed by atoms with Gasteiger partial charge < -0.3 is 5.73 Å². The predicted molar refractivity (Wildman–Crippen MR) is 61.5 cm³/mol. The van der Waals surface area contributed by atoms with E-state index in [-0.39, 0.29) is 0 Å². The Morgan fingerprint density at radius 2 is 2.14 bits per heavy atom. The van der Waals surface area contributed by atoms with Gasteiger partial charge in [0.2, 0.25) is 0 Å². The van der Waals surface area contributed by atoms with Gasteiger partial charge >= 0.3 is 0 Å². The quantitative estimate of drug-likeness (QED) is 0.462. The summed E-state index contributed by atoms with van der Waals surface area (Å²) in [6, 6.07) is 0. The summed E-state index contributed by atoms with van der Waals surface area (Å²) in [5.74, 6) is 1.74. The zero-order valence-electron chi connectivity index (χ0n) is 8.79. The van der Waals surface area contributed by atoms with Gasteiger partial charge in [0.05, 0.1) is 0 Å². The second kappa shape index (κ2) is 5.86. The fourth-order valence-electron chi connectivity index (χ4n) is 1.18. The van der Waals surface area contributed by atoms with E-state index in [1.54, 1.807) is 18.1 Å². The van der Waals surface area contributed by atoms with Crippen LogP contribution in [0.3, 0.4) is 0 Å². The van der Waals surface area contributed by atoms with Crippen LogP contribution in [-0.2, 0) is 6.42 Å². The second-order valence-corrected chi connectivity index (χ2v) is 4.18. The molecule has 0 aliphatic heterocycles. The molecular weight excluding hydrogens is 194 g/mol. The summed E-state index contributed by atoms with van der Waals surface area (Å²) < 4.78 is 0. The van der Waals surface area contributed by atoms with Crippen LogP contribution in [0.4, 0.5) is 5.82 Å². The lowest BCUT2D eigenvalue weighted by atomic mass is 10.2. The molecule has 2 N–H and O–H groups in total. The van der Waals surface area contributed by atoms with E-state index in [0.717, 1.165) is 22.8 Å². The molecule has 1 aromatic rings. The maximum absolute atomic E-state index is 5.77. The SMILES string of the molecule is CCCCSc1ncnc(N)c1CC. The molecule has 0 amide bonds. The number of rotatable bonds is 5. The Morgan fingerprint density at radius 3 is 2.79 bits per heavy atom. The van der Waals surface area contributed by atoms with Gasteiger partial charge in [-0.2, -0.15) is 0 Å². The van der Waals surface area contributed by atoms with E-state index in [4.69, 9.17) is 5.73 Å². The van der Waals surface area contributed by atoms with Gasteiger partial charge in [-0.3, -0.25) is 0 Å². The van der Waals surface area contributed by atoms with Crippen LogP contribution in [0, 0.1) is 0 Å². The third kappa shape index (κ3) is 2.87. The van der Waals surface area contributed by atoms with E-state index in [1.165, 1.54) is 12.8 Å². The highest BCUT2D eigenvalue weighted by Gasteiger charge is 2.06. The predicted octanol–water partition coefficient (Wildman–Crippen LogP) is 2.51. The third-order valence-corrected chi connectivity index (χ3v) is 3.15. The number of hydrogen-bond donors (Lipinski definition) is 1. The molecule has 0 aromatic carbocycles. The van der Waals surface area contributed by atoms with E-state index in [1.807, 2.05) is 0 Å². The van der Waals surface area contributed by atoms with Gasteiger partial charge in [0, 0.05) is 5.56 Å². The lowest BCUT2D eigenvalue weighted by molar-refractivity contribution is 0.889. The molecule has 0 atom stereocenters. The average molecular weight is 211 g/mol. The minimum absolute atomic E-state index is 0.626. The lowest BCUT2D eigenvalue weighted by Crippen LogP contribution is -2.00. The van der Waals surface area contributed by atoms with Crippen LogP contribution in [0.1, 0.15) is 32.3 Å². The number of hydrogen-bond acceptors (Lipinski definition) is 4. The molecule has 78 valence electrons. The monoisotopic (exact) mass is 211 g/mol. The fourth-order valence-corrected chi connectivity index (χ4v) is 2.35. The molecule has 14 heavy (non-hydrogen) atoms. The molecule has 1 heterocycles. The zero-order chi connectivity index (χ0) is 10.4. The first-order valence-electron chi connectivity index (χ1n) is 5.01. The van der Waals surface area contributed by atoms with Crippen LogP contribution in [0.2, 0.25) is 0 Å². The highest BCUT2D eigenvalue weighted by Crippen LogP contribution is 2.24. The molecule has 4 heteroatoms. The topological polar surface area (TPSA) is 51.8 Å². The van der Waals surface area contributed by atoms with Crippen LogP contribution >= 0.6 is 11.8 Å². The van der Waals surface area contributed by atoms with E-state index in [2.05, 4.69) is 23.8 Å². The smallest absolute Gasteiger partial charge is 0.131 e. The summed E-state index contributed by atoms with van der Waals surface area (Å²) in [5.41, 5.74) is 6.86. The Hall–Kier alpha value is -0.770. The van der Waals surface area contributed by atoms with Crippen molar-refractivity contribution in [2.75, 3.05) is 11.5 Å². The third-order valence-electron chi connectivity index (χ3n) is 2.03. The molecule has 3 nitrogen and oxygen atoms in total. The summed E-state index contributed by atoms with van der Waals surface area (Å²) in [6.45, 7) is 4.27. The van der Waals surface area contributed by atoms with Crippen LogP contribution in [0.5, 0.6) is 0 Å². The molecular formula is C10H17N3S. The molecule has 0 aliphatic rings. The van der Waals surface area contributed by atoms with Crippen molar-refractivity contribution in [3.63, 3.8) is 0 Å². The summed E-state index contributed by atoms with van der Waals surface area (Å²) >= 11 is 1.78. The van der Waals surface area contributed by atoms with E-state index in [9.17, 15) is 0 Å².